The van der Waals surface area contributed by atoms with Crippen LogP contribution in [0, 0.1) is 11.3 Å². The first kappa shape index (κ1) is 26.5. The lowest BCUT2D eigenvalue weighted by atomic mass is 9.91. The molecule has 4 rings (SSSR count). The SMILES string of the molecule is CC(=O)N(Cc1ccccn1)C(C#N)c1ccc(C2=CC(c3cc(Cl)cc(Cl)c3)(C(F)(F)F)ON2)cc1. The molecule has 0 saturated carbocycles. The molecule has 2 unspecified atom stereocenters. The number of hydrogen-bond donors (Lipinski definition) is 1. The van der Waals surface area contributed by atoms with E-state index in [1.165, 1.54) is 17.9 Å². The van der Waals surface area contributed by atoms with Crippen molar-refractivity contribution in [2.45, 2.75) is 31.3 Å². The molecule has 1 aliphatic rings. The van der Waals surface area contributed by atoms with Crippen LogP contribution in [0.3, 0.4) is 0 Å². The van der Waals surface area contributed by atoms with Gasteiger partial charge in [0.1, 0.15) is 6.04 Å². The molecular weight excluding hydrogens is 528 g/mol. The van der Waals surface area contributed by atoms with E-state index in [4.69, 9.17) is 28.0 Å². The molecular formula is C26H19Cl2F3N4O2. The second-order valence-electron chi connectivity index (χ2n) is 8.28. The normalized spacial score (nSPS) is 17.9. The highest BCUT2D eigenvalue weighted by Gasteiger charge is 2.59. The Hall–Kier alpha value is -3.58. The quantitative estimate of drug-likeness (QED) is 0.390. The molecule has 0 radical (unpaired) electrons. The summed E-state index contributed by atoms with van der Waals surface area (Å²) < 4.78 is 42.7. The van der Waals surface area contributed by atoms with Crippen LogP contribution in [-0.4, -0.2) is 22.0 Å². The lowest BCUT2D eigenvalue weighted by molar-refractivity contribution is -0.269. The summed E-state index contributed by atoms with van der Waals surface area (Å²) in [5.74, 6) is -0.329. The zero-order valence-corrected chi connectivity index (χ0v) is 20.8. The van der Waals surface area contributed by atoms with Crippen molar-refractivity contribution in [1.29, 1.82) is 5.26 Å². The van der Waals surface area contributed by atoms with Gasteiger partial charge in [0, 0.05) is 28.7 Å². The minimum atomic E-state index is -4.84. The summed E-state index contributed by atoms with van der Waals surface area (Å²) in [4.78, 5) is 23.0. The Morgan fingerprint density at radius 2 is 1.84 bits per heavy atom. The summed E-state index contributed by atoms with van der Waals surface area (Å²) in [5, 5.41) is 9.90. The van der Waals surface area contributed by atoms with Crippen molar-refractivity contribution in [3.63, 3.8) is 0 Å². The standard InChI is InChI=1S/C26H19Cl2F3N4O2/c1-16(36)35(15-22-4-2-3-9-33-22)24(14-32)18-7-5-17(6-8-18)23-13-25(37-34-23,26(29,30)31)19-10-20(27)12-21(28)11-19/h2-13,24,34H,15H2,1H3. The number of aromatic nitrogens is 1. The molecule has 2 aromatic carbocycles. The van der Waals surface area contributed by atoms with E-state index in [2.05, 4.69) is 16.5 Å². The van der Waals surface area contributed by atoms with Crippen LogP contribution in [0.25, 0.3) is 5.70 Å². The molecule has 0 aliphatic carbocycles. The van der Waals surface area contributed by atoms with Crippen molar-refractivity contribution in [1.82, 2.24) is 15.4 Å². The second-order valence-corrected chi connectivity index (χ2v) is 9.15. The summed E-state index contributed by atoms with van der Waals surface area (Å²) in [6, 6.07) is 16.3. The van der Waals surface area contributed by atoms with Crippen molar-refractivity contribution in [2.75, 3.05) is 0 Å². The number of pyridine rings is 1. The first-order chi connectivity index (χ1) is 17.5. The predicted molar refractivity (Wildman–Crippen MR) is 132 cm³/mol. The minimum Gasteiger partial charge on any atom is -0.317 e. The average Bonchev–Trinajstić information content (AvgIpc) is 3.31. The fourth-order valence-corrected chi connectivity index (χ4v) is 4.50. The van der Waals surface area contributed by atoms with Gasteiger partial charge in [-0.2, -0.15) is 18.4 Å². The van der Waals surface area contributed by atoms with E-state index in [1.54, 1.807) is 48.7 Å². The molecule has 1 aromatic heterocycles. The van der Waals surface area contributed by atoms with Gasteiger partial charge in [-0.15, -0.1) is 0 Å². The Labute approximate surface area is 220 Å². The van der Waals surface area contributed by atoms with Crippen LogP contribution in [0.15, 0.2) is 72.9 Å². The molecule has 11 heteroatoms. The number of nitriles is 1. The summed E-state index contributed by atoms with van der Waals surface area (Å²) in [6.07, 6.45) is -2.34. The summed E-state index contributed by atoms with van der Waals surface area (Å²) in [5.41, 5.74) is 0.785. The van der Waals surface area contributed by atoms with Gasteiger partial charge < -0.3 is 4.90 Å². The Kier molecular flexibility index (Phi) is 7.46. The number of amides is 1. The number of benzene rings is 2. The van der Waals surface area contributed by atoms with Crippen LogP contribution in [0.5, 0.6) is 0 Å². The van der Waals surface area contributed by atoms with Crippen LogP contribution in [0.1, 0.15) is 35.3 Å². The molecule has 1 aliphatic heterocycles. The zero-order chi connectivity index (χ0) is 26.8. The van der Waals surface area contributed by atoms with Crippen LogP contribution in [0.4, 0.5) is 13.2 Å². The average molecular weight is 547 g/mol. The van der Waals surface area contributed by atoms with Gasteiger partial charge in [-0.05, 0) is 47.5 Å². The number of alkyl halides is 3. The van der Waals surface area contributed by atoms with E-state index in [0.717, 1.165) is 18.2 Å². The molecule has 0 bridgehead atoms. The summed E-state index contributed by atoms with van der Waals surface area (Å²) in [7, 11) is 0. The third kappa shape index (κ3) is 5.42. The molecule has 0 saturated heterocycles. The maximum absolute atomic E-state index is 14.2. The van der Waals surface area contributed by atoms with Crippen molar-refractivity contribution in [3.05, 3.63) is 105 Å². The molecule has 37 heavy (non-hydrogen) atoms. The smallest absolute Gasteiger partial charge is 0.317 e. The molecule has 1 amide bonds. The Morgan fingerprint density at radius 3 is 2.38 bits per heavy atom. The van der Waals surface area contributed by atoms with Crippen molar-refractivity contribution < 1.29 is 22.8 Å². The second kappa shape index (κ2) is 10.4. The van der Waals surface area contributed by atoms with Gasteiger partial charge in [0.05, 0.1) is 24.0 Å². The molecule has 3 aromatic rings. The van der Waals surface area contributed by atoms with Gasteiger partial charge in [0.15, 0.2) is 0 Å². The van der Waals surface area contributed by atoms with Gasteiger partial charge in [-0.3, -0.25) is 20.1 Å². The summed E-state index contributed by atoms with van der Waals surface area (Å²) in [6.45, 7) is 1.47. The number of hydroxylamine groups is 1. The van der Waals surface area contributed by atoms with Gasteiger partial charge in [0.2, 0.25) is 11.5 Å². The van der Waals surface area contributed by atoms with E-state index in [9.17, 15) is 23.2 Å². The van der Waals surface area contributed by atoms with E-state index < -0.39 is 17.8 Å². The molecule has 190 valence electrons. The van der Waals surface area contributed by atoms with Crippen molar-refractivity contribution >= 4 is 34.8 Å². The topological polar surface area (TPSA) is 78.2 Å². The highest BCUT2D eigenvalue weighted by atomic mass is 35.5. The number of hydrogen-bond acceptors (Lipinski definition) is 5. The molecule has 1 N–H and O–H groups in total. The maximum Gasteiger partial charge on any atom is 0.428 e. The Balaban J connectivity index is 1.65. The fourth-order valence-electron chi connectivity index (χ4n) is 3.97. The van der Waals surface area contributed by atoms with Crippen molar-refractivity contribution in [2.24, 2.45) is 0 Å². The third-order valence-corrected chi connectivity index (χ3v) is 6.25. The Bertz CT molecular complexity index is 1360. The zero-order valence-electron chi connectivity index (χ0n) is 19.3. The lowest BCUT2D eigenvalue weighted by Crippen LogP contribution is -2.42. The number of nitrogens with one attached hydrogen (secondary N) is 1. The Morgan fingerprint density at radius 1 is 1.16 bits per heavy atom. The van der Waals surface area contributed by atoms with Gasteiger partial charge in [-0.25, -0.2) is 0 Å². The molecule has 2 atom stereocenters. The fraction of sp³-hybridized carbons (Fsp3) is 0.192. The van der Waals surface area contributed by atoms with Crippen LogP contribution in [-0.2, 0) is 21.8 Å². The summed E-state index contributed by atoms with van der Waals surface area (Å²) >= 11 is 11.9. The number of carbonyl (C=O) groups is 1. The molecule has 6 nitrogen and oxygen atoms in total. The number of rotatable bonds is 6. The highest BCUT2D eigenvalue weighted by Crippen LogP contribution is 2.48. The molecule has 0 spiro atoms. The number of nitrogens with zero attached hydrogens (tertiary/aromatic N) is 3. The van der Waals surface area contributed by atoms with E-state index in [-0.39, 0.29) is 33.8 Å². The monoisotopic (exact) mass is 546 g/mol. The predicted octanol–water partition coefficient (Wildman–Crippen LogP) is 6.34. The van der Waals surface area contributed by atoms with Crippen LogP contribution >= 0.6 is 23.2 Å². The molecule has 2 heterocycles. The number of halogens is 5. The largest absolute Gasteiger partial charge is 0.428 e. The first-order valence-corrected chi connectivity index (χ1v) is 11.7. The van der Waals surface area contributed by atoms with E-state index in [1.807, 2.05) is 0 Å². The van der Waals surface area contributed by atoms with E-state index in [0.29, 0.717) is 16.8 Å². The highest BCUT2D eigenvalue weighted by molar-refractivity contribution is 6.34. The third-order valence-electron chi connectivity index (χ3n) is 5.82. The van der Waals surface area contributed by atoms with Crippen LogP contribution in [0.2, 0.25) is 10.0 Å². The van der Waals surface area contributed by atoms with Gasteiger partial charge >= 0.3 is 6.18 Å². The van der Waals surface area contributed by atoms with E-state index >= 15 is 0 Å². The molecule has 0 fully saturated rings. The van der Waals surface area contributed by atoms with Crippen LogP contribution < -0.4 is 5.48 Å². The number of carbonyl (C=O) groups excluding carboxylic acids is 1. The first-order valence-electron chi connectivity index (χ1n) is 10.9. The van der Waals surface area contributed by atoms with Crippen molar-refractivity contribution in [3.8, 4) is 6.07 Å². The maximum atomic E-state index is 14.2. The minimum absolute atomic E-state index is 0.0317. The van der Waals surface area contributed by atoms with Gasteiger partial charge in [0.25, 0.3) is 0 Å². The lowest BCUT2D eigenvalue weighted by Gasteiger charge is -2.28. The van der Waals surface area contributed by atoms with Gasteiger partial charge in [-0.1, -0.05) is 53.5 Å².